The van der Waals surface area contributed by atoms with Gasteiger partial charge in [-0.15, -0.1) is 0 Å². The average Bonchev–Trinajstić information content (AvgIpc) is 3.21. The summed E-state index contributed by atoms with van der Waals surface area (Å²) >= 11 is 6.21. The summed E-state index contributed by atoms with van der Waals surface area (Å²) in [6.07, 6.45) is 9.36. The largest absolute Gasteiger partial charge is 0.467 e. The molecule has 152 valence electrons. The topological polar surface area (TPSA) is 33.5 Å². The van der Waals surface area contributed by atoms with Crippen molar-refractivity contribution in [3.8, 4) is 0 Å². The number of amides is 1. The molecular formula is C23H29ClFNO2. The van der Waals surface area contributed by atoms with Gasteiger partial charge < -0.3 is 9.32 Å². The molecule has 1 fully saturated rings. The monoisotopic (exact) mass is 405 g/mol. The first-order valence-electron chi connectivity index (χ1n) is 10.3. The zero-order chi connectivity index (χ0) is 19.9. The summed E-state index contributed by atoms with van der Waals surface area (Å²) < 4.78 is 19.8. The number of carbonyl (C=O) groups excluding carboxylic acids is 1. The molecule has 0 saturated heterocycles. The lowest BCUT2D eigenvalue weighted by atomic mass is 9.79. The van der Waals surface area contributed by atoms with Crippen LogP contribution in [0.4, 0.5) is 4.39 Å². The fraction of sp³-hybridized carbons (Fsp3) is 0.522. The second-order valence-corrected chi connectivity index (χ2v) is 8.24. The second-order valence-electron chi connectivity index (χ2n) is 7.83. The van der Waals surface area contributed by atoms with Gasteiger partial charge in [0, 0.05) is 16.5 Å². The number of carbonyl (C=O) groups is 1. The van der Waals surface area contributed by atoms with Crippen molar-refractivity contribution in [2.45, 2.75) is 65.0 Å². The minimum absolute atomic E-state index is 0.00149. The zero-order valence-corrected chi connectivity index (χ0v) is 17.3. The lowest BCUT2D eigenvalue weighted by Gasteiger charge is -2.32. The molecule has 1 aliphatic rings. The quantitative estimate of drug-likeness (QED) is 0.495. The van der Waals surface area contributed by atoms with Gasteiger partial charge in [-0.2, -0.15) is 0 Å². The molecule has 0 N–H and O–H groups in total. The number of unbranched alkanes of at least 4 members (excludes halogenated alkanes) is 1. The van der Waals surface area contributed by atoms with E-state index < -0.39 is 0 Å². The van der Waals surface area contributed by atoms with Gasteiger partial charge in [0.05, 0.1) is 19.4 Å². The third-order valence-corrected chi connectivity index (χ3v) is 6.17. The van der Waals surface area contributed by atoms with Gasteiger partial charge in [0.15, 0.2) is 0 Å². The molecule has 1 amide bonds. The number of nitrogens with zero attached hydrogens (tertiary/aromatic N) is 1. The Balaban J connectivity index is 1.71. The minimum Gasteiger partial charge on any atom is -0.467 e. The maximum Gasteiger partial charge on any atom is 0.226 e. The van der Waals surface area contributed by atoms with Crippen LogP contribution < -0.4 is 0 Å². The SMILES string of the molecule is CCCCC1CCC(C(=O)N(Cc2ccco2)Cc2c(F)cccc2Cl)CC1. The van der Waals surface area contributed by atoms with Crippen LogP contribution in [0, 0.1) is 17.7 Å². The lowest BCUT2D eigenvalue weighted by Crippen LogP contribution is -2.37. The summed E-state index contributed by atoms with van der Waals surface area (Å²) in [6.45, 7) is 2.70. The second kappa shape index (κ2) is 10.1. The van der Waals surface area contributed by atoms with Crippen LogP contribution in [-0.4, -0.2) is 10.8 Å². The van der Waals surface area contributed by atoms with Crippen molar-refractivity contribution >= 4 is 17.5 Å². The van der Waals surface area contributed by atoms with E-state index in [1.54, 1.807) is 29.4 Å². The molecule has 1 aromatic heterocycles. The molecule has 28 heavy (non-hydrogen) atoms. The first-order chi connectivity index (χ1) is 13.6. The Hall–Kier alpha value is -1.81. The van der Waals surface area contributed by atoms with Gasteiger partial charge in [-0.25, -0.2) is 4.39 Å². The van der Waals surface area contributed by atoms with E-state index in [-0.39, 0.29) is 24.2 Å². The average molecular weight is 406 g/mol. The molecule has 1 heterocycles. The molecule has 0 bridgehead atoms. The number of rotatable bonds is 8. The van der Waals surface area contributed by atoms with E-state index in [2.05, 4.69) is 6.92 Å². The first kappa shape index (κ1) is 20.9. The fourth-order valence-corrected chi connectivity index (χ4v) is 4.35. The third-order valence-electron chi connectivity index (χ3n) is 5.81. The number of hydrogen-bond acceptors (Lipinski definition) is 2. The van der Waals surface area contributed by atoms with E-state index >= 15 is 0 Å². The number of halogens is 2. The van der Waals surface area contributed by atoms with Gasteiger partial charge in [-0.3, -0.25) is 4.79 Å². The Morgan fingerprint density at radius 1 is 1.18 bits per heavy atom. The van der Waals surface area contributed by atoms with Gasteiger partial charge in [0.1, 0.15) is 11.6 Å². The molecule has 3 nitrogen and oxygen atoms in total. The van der Waals surface area contributed by atoms with Crippen molar-refractivity contribution in [3.63, 3.8) is 0 Å². The molecule has 0 spiro atoms. The molecule has 0 aliphatic heterocycles. The summed E-state index contributed by atoms with van der Waals surface area (Å²) in [7, 11) is 0. The van der Waals surface area contributed by atoms with Crippen molar-refractivity contribution < 1.29 is 13.6 Å². The molecule has 5 heteroatoms. The molecule has 1 saturated carbocycles. The van der Waals surface area contributed by atoms with Crippen molar-refractivity contribution in [2.75, 3.05) is 0 Å². The highest BCUT2D eigenvalue weighted by atomic mass is 35.5. The van der Waals surface area contributed by atoms with Crippen LogP contribution in [0.5, 0.6) is 0 Å². The van der Waals surface area contributed by atoms with Gasteiger partial charge >= 0.3 is 0 Å². The maximum atomic E-state index is 14.3. The van der Waals surface area contributed by atoms with E-state index in [1.165, 1.54) is 25.3 Å². The molecule has 0 radical (unpaired) electrons. The number of hydrogen-bond donors (Lipinski definition) is 0. The van der Waals surface area contributed by atoms with Crippen LogP contribution in [-0.2, 0) is 17.9 Å². The standard InChI is InChI=1S/C23H29ClFNO2/c1-2-3-6-17-10-12-18(13-11-17)23(27)26(15-19-7-5-14-28-19)16-20-21(24)8-4-9-22(20)25/h4-5,7-9,14,17-18H,2-3,6,10-13,15-16H2,1H3. The summed E-state index contributed by atoms with van der Waals surface area (Å²) in [5.41, 5.74) is 0.362. The van der Waals surface area contributed by atoms with Crippen LogP contribution in [0.25, 0.3) is 0 Å². The molecule has 1 aromatic carbocycles. The highest BCUT2D eigenvalue weighted by Gasteiger charge is 2.30. The molecule has 2 aromatic rings. The predicted octanol–water partition coefficient (Wildman–Crippen LogP) is 6.60. The van der Waals surface area contributed by atoms with Crippen LogP contribution in [0.3, 0.4) is 0 Å². The number of benzene rings is 1. The molecule has 3 rings (SSSR count). The summed E-state index contributed by atoms with van der Waals surface area (Å²) in [6, 6.07) is 8.26. The predicted molar refractivity (Wildman–Crippen MR) is 109 cm³/mol. The Kier molecular flexibility index (Phi) is 7.55. The van der Waals surface area contributed by atoms with Gasteiger partial charge in [-0.05, 0) is 55.9 Å². The molecular weight excluding hydrogens is 377 g/mol. The Labute approximate surface area is 171 Å². The van der Waals surface area contributed by atoms with E-state index in [0.29, 0.717) is 22.9 Å². The summed E-state index contributed by atoms with van der Waals surface area (Å²) in [4.78, 5) is 15.0. The normalized spacial score (nSPS) is 19.5. The molecule has 0 unspecified atom stereocenters. The van der Waals surface area contributed by atoms with Crippen LogP contribution >= 0.6 is 11.6 Å². The molecule has 1 aliphatic carbocycles. The maximum absolute atomic E-state index is 14.3. The van der Waals surface area contributed by atoms with E-state index in [4.69, 9.17) is 16.0 Å². The van der Waals surface area contributed by atoms with E-state index in [0.717, 1.165) is 31.6 Å². The zero-order valence-electron chi connectivity index (χ0n) is 16.5. The van der Waals surface area contributed by atoms with Crippen molar-refractivity contribution in [1.29, 1.82) is 0 Å². The smallest absolute Gasteiger partial charge is 0.226 e. The van der Waals surface area contributed by atoms with Gasteiger partial charge in [0.25, 0.3) is 0 Å². The summed E-state index contributed by atoms with van der Waals surface area (Å²) in [5, 5.41) is 0.348. The first-order valence-corrected chi connectivity index (χ1v) is 10.7. The lowest BCUT2D eigenvalue weighted by molar-refractivity contribution is -0.138. The van der Waals surface area contributed by atoms with Crippen LogP contribution in [0.1, 0.15) is 63.2 Å². The van der Waals surface area contributed by atoms with Gasteiger partial charge in [-0.1, -0.05) is 43.9 Å². The Bertz CT molecular complexity index is 734. The molecule has 0 atom stereocenters. The summed E-state index contributed by atoms with van der Waals surface area (Å²) in [5.74, 6) is 1.12. The van der Waals surface area contributed by atoms with Crippen molar-refractivity contribution in [1.82, 2.24) is 4.90 Å². The fourth-order valence-electron chi connectivity index (χ4n) is 4.13. The van der Waals surface area contributed by atoms with E-state index in [9.17, 15) is 9.18 Å². The number of furan rings is 1. The minimum atomic E-state index is -0.381. The van der Waals surface area contributed by atoms with Crippen LogP contribution in [0.15, 0.2) is 41.0 Å². The highest BCUT2D eigenvalue weighted by molar-refractivity contribution is 6.31. The van der Waals surface area contributed by atoms with Crippen molar-refractivity contribution in [2.24, 2.45) is 11.8 Å². The van der Waals surface area contributed by atoms with Crippen LogP contribution in [0.2, 0.25) is 5.02 Å². The Morgan fingerprint density at radius 2 is 1.96 bits per heavy atom. The highest BCUT2D eigenvalue weighted by Crippen LogP contribution is 2.34. The van der Waals surface area contributed by atoms with Crippen molar-refractivity contribution in [3.05, 3.63) is 58.8 Å². The van der Waals surface area contributed by atoms with Gasteiger partial charge in [0.2, 0.25) is 5.91 Å². The van der Waals surface area contributed by atoms with E-state index in [1.807, 2.05) is 6.07 Å². The Morgan fingerprint density at radius 3 is 2.61 bits per heavy atom. The third kappa shape index (κ3) is 5.38.